The van der Waals surface area contributed by atoms with Gasteiger partial charge >= 0.3 is 0 Å². The minimum absolute atomic E-state index is 0. The van der Waals surface area contributed by atoms with E-state index in [1.807, 2.05) is 42.5 Å². The van der Waals surface area contributed by atoms with Crippen molar-refractivity contribution in [3.05, 3.63) is 48.0 Å². The number of rotatable bonds is 2. The highest BCUT2D eigenvalue weighted by molar-refractivity contribution is 6.07. The van der Waals surface area contributed by atoms with Gasteiger partial charge in [-0.15, -0.1) is 12.4 Å². The second kappa shape index (κ2) is 6.73. The third-order valence-electron chi connectivity index (χ3n) is 4.56. The van der Waals surface area contributed by atoms with E-state index in [0.29, 0.717) is 0 Å². The Morgan fingerprint density at radius 3 is 2.25 bits per heavy atom. The molecule has 2 aromatic carbocycles. The van der Waals surface area contributed by atoms with Gasteiger partial charge in [0, 0.05) is 22.7 Å². The molecule has 24 heavy (non-hydrogen) atoms. The third kappa shape index (κ3) is 4.08. The van der Waals surface area contributed by atoms with E-state index in [2.05, 4.69) is 38.3 Å². The molecular formula is C20H27ClN2O. The van der Waals surface area contributed by atoms with Gasteiger partial charge in [-0.2, -0.15) is 0 Å². The molecule has 0 spiro atoms. The molecular weight excluding hydrogens is 320 g/mol. The lowest BCUT2D eigenvalue weighted by molar-refractivity contribution is 0.0875. The van der Waals surface area contributed by atoms with Gasteiger partial charge in [-0.25, -0.2) is 0 Å². The van der Waals surface area contributed by atoms with Gasteiger partial charge in [0.05, 0.1) is 0 Å². The SMILES string of the molecule is CC1(C)CC(NC(=O)c2cccc3ccccc23)CC(C)(C)N1.Cl. The highest BCUT2D eigenvalue weighted by atomic mass is 35.5. The molecule has 0 radical (unpaired) electrons. The van der Waals surface area contributed by atoms with Crippen LogP contribution in [0.4, 0.5) is 0 Å². The minimum atomic E-state index is 0. The molecule has 1 aliphatic heterocycles. The Morgan fingerprint density at radius 1 is 1.00 bits per heavy atom. The quantitative estimate of drug-likeness (QED) is 0.851. The molecule has 2 aromatic rings. The van der Waals surface area contributed by atoms with Gasteiger partial charge in [-0.3, -0.25) is 4.79 Å². The molecule has 1 aliphatic rings. The summed E-state index contributed by atoms with van der Waals surface area (Å²) in [5.41, 5.74) is 0.814. The molecule has 0 saturated carbocycles. The van der Waals surface area contributed by atoms with Crippen molar-refractivity contribution in [3.63, 3.8) is 0 Å². The van der Waals surface area contributed by atoms with Crippen LogP contribution in [0, 0.1) is 0 Å². The fourth-order valence-corrected chi connectivity index (χ4v) is 4.11. The van der Waals surface area contributed by atoms with Crippen molar-refractivity contribution in [1.82, 2.24) is 10.6 Å². The van der Waals surface area contributed by atoms with Crippen LogP contribution in [0.2, 0.25) is 0 Å². The number of nitrogens with one attached hydrogen (secondary N) is 2. The number of amides is 1. The summed E-state index contributed by atoms with van der Waals surface area (Å²) in [6.07, 6.45) is 1.87. The highest BCUT2D eigenvalue weighted by Gasteiger charge is 2.38. The maximum atomic E-state index is 12.8. The minimum Gasteiger partial charge on any atom is -0.349 e. The number of piperidine rings is 1. The average Bonchev–Trinajstić information content (AvgIpc) is 2.43. The Labute approximate surface area is 150 Å². The van der Waals surface area contributed by atoms with Crippen molar-refractivity contribution in [2.75, 3.05) is 0 Å². The predicted octanol–water partition coefficient (Wildman–Crippen LogP) is 4.30. The average molecular weight is 347 g/mol. The number of benzene rings is 2. The molecule has 0 aromatic heterocycles. The van der Waals surface area contributed by atoms with E-state index in [1.54, 1.807) is 0 Å². The van der Waals surface area contributed by atoms with E-state index >= 15 is 0 Å². The summed E-state index contributed by atoms with van der Waals surface area (Å²) in [6, 6.07) is 14.1. The molecule has 0 bridgehead atoms. The fraction of sp³-hybridized carbons (Fsp3) is 0.450. The predicted molar refractivity (Wildman–Crippen MR) is 103 cm³/mol. The molecule has 0 unspecified atom stereocenters. The van der Waals surface area contributed by atoms with Gasteiger partial charge in [-0.05, 0) is 57.4 Å². The standard InChI is InChI=1S/C20H26N2O.ClH/c1-19(2)12-15(13-20(3,4)22-19)21-18(23)17-11-7-9-14-8-5-6-10-16(14)17;/h5-11,15,22H,12-13H2,1-4H3,(H,21,23);1H. The maximum absolute atomic E-state index is 12.8. The summed E-state index contributed by atoms with van der Waals surface area (Å²) < 4.78 is 0. The van der Waals surface area contributed by atoms with Crippen LogP contribution in [0.1, 0.15) is 50.9 Å². The summed E-state index contributed by atoms with van der Waals surface area (Å²) in [4.78, 5) is 12.8. The van der Waals surface area contributed by atoms with E-state index in [0.717, 1.165) is 29.2 Å². The Balaban J connectivity index is 0.00000208. The lowest BCUT2D eigenvalue weighted by atomic mass is 9.79. The van der Waals surface area contributed by atoms with Crippen molar-refractivity contribution in [2.45, 2.75) is 57.7 Å². The lowest BCUT2D eigenvalue weighted by Gasteiger charge is -2.46. The summed E-state index contributed by atoms with van der Waals surface area (Å²) in [5, 5.41) is 9.03. The first-order chi connectivity index (χ1) is 10.8. The summed E-state index contributed by atoms with van der Waals surface area (Å²) in [6.45, 7) is 8.80. The maximum Gasteiger partial charge on any atom is 0.252 e. The number of carbonyl (C=O) groups excluding carboxylic acids is 1. The molecule has 4 heteroatoms. The van der Waals surface area contributed by atoms with Gasteiger partial charge in [0.25, 0.3) is 5.91 Å². The van der Waals surface area contributed by atoms with Crippen LogP contribution in [0.3, 0.4) is 0 Å². The first-order valence-electron chi connectivity index (χ1n) is 8.34. The highest BCUT2D eigenvalue weighted by Crippen LogP contribution is 2.29. The normalized spacial score (nSPS) is 19.5. The van der Waals surface area contributed by atoms with Crippen molar-refractivity contribution in [2.24, 2.45) is 0 Å². The molecule has 130 valence electrons. The fourth-order valence-electron chi connectivity index (χ4n) is 4.11. The molecule has 1 fully saturated rings. The van der Waals surface area contributed by atoms with Gasteiger partial charge in [0.2, 0.25) is 0 Å². The van der Waals surface area contributed by atoms with Gasteiger partial charge in [0.1, 0.15) is 0 Å². The molecule has 2 N–H and O–H groups in total. The number of fused-ring (bicyclic) bond motifs is 1. The van der Waals surface area contributed by atoms with Gasteiger partial charge in [-0.1, -0.05) is 36.4 Å². The number of hydrogen-bond acceptors (Lipinski definition) is 2. The zero-order valence-electron chi connectivity index (χ0n) is 14.8. The largest absolute Gasteiger partial charge is 0.349 e. The topological polar surface area (TPSA) is 41.1 Å². The van der Waals surface area contributed by atoms with Crippen LogP contribution in [0.15, 0.2) is 42.5 Å². The summed E-state index contributed by atoms with van der Waals surface area (Å²) in [7, 11) is 0. The van der Waals surface area contributed by atoms with E-state index in [-0.39, 0.29) is 35.4 Å². The molecule has 1 heterocycles. The smallest absolute Gasteiger partial charge is 0.252 e. The molecule has 3 rings (SSSR count). The Hall–Kier alpha value is -1.58. The lowest BCUT2D eigenvalue weighted by Crippen LogP contribution is -2.62. The Kier molecular flexibility index (Phi) is 5.26. The molecule has 3 nitrogen and oxygen atoms in total. The first-order valence-corrected chi connectivity index (χ1v) is 8.34. The second-order valence-electron chi connectivity index (χ2n) is 8.00. The molecule has 1 amide bonds. The summed E-state index contributed by atoms with van der Waals surface area (Å²) in [5.74, 6) is 0.0281. The van der Waals surface area contributed by atoms with E-state index < -0.39 is 0 Å². The van der Waals surface area contributed by atoms with Crippen molar-refractivity contribution >= 4 is 29.1 Å². The van der Waals surface area contributed by atoms with Crippen molar-refractivity contribution in [3.8, 4) is 0 Å². The Bertz CT molecular complexity index is 718. The molecule has 1 saturated heterocycles. The second-order valence-corrected chi connectivity index (χ2v) is 8.00. The van der Waals surface area contributed by atoms with Gasteiger partial charge in [0.15, 0.2) is 0 Å². The molecule has 0 aliphatic carbocycles. The first kappa shape index (κ1) is 18.8. The zero-order chi connectivity index (χ0) is 16.7. The van der Waals surface area contributed by atoms with E-state index in [9.17, 15) is 4.79 Å². The van der Waals surface area contributed by atoms with Crippen LogP contribution < -0.4 is 10.6 Å². The van der Waals surface area contributed by atoms with Crippen LogP contribution in [0.5, 0.6) is 0 Å². The van der Waals surface area contributed by atoms with Crippen molar-refractivity contribution < 1.29 is 4.79 Å². The molecule has 0 atom stereocenters. The van der Waals surface area contributed by atoms with Crippen LogP contribution in [-0.4, -0.2) is 23.0 Å². The van der Waals surface area contributed by atoms with E-state index in [1.165, 1.54) is 0 Å². The number of halogens is 1. The summed E-state index contributed by atoms with van der Waals surface area (Å²) >= 11 is 0. The number of hydrogen-bond donors (Lipinski definition) is 2. The van der Waals surface area contributed by atoms with Gasteiger partial charge < -0.3 is 10.6 Å². The van der Waals surface area contributed by atoms with Crippen LogP contribution in [-0.2, 0) is 0 Å². The van der Waals surface area contributed by atoms with Crippen LogP contribution in [0.25, 0.3) is 10.8 Å². The van der Waals surface area contributed by atoms with E-state index in [4.69, 9.17) is 0 Å². The van der Waals surface area contributed by atoms with Crippen LogP contribution >= 0.6 is 12.4 Å². The monoisotopic (exact) mass is 346 g/mol. The number of carbonyl (C=O) groups is 1. The Morgan fingerprint density at radius 2 is 1.58 bits per heavy atom. The zero-order valence-corrected chi connectivity index (χ0v) is 15.7. The third-order valence-corrected chi connectivity index (χ3v) is 4.56. The van der Waals surface area contributed by atoms with Crippen molar-refractivity contribution in [1.29, 1.82) is 0 Å².